The van der Waals surface area contributed by atoms with Crippen molar-refractivity contribution in [1.29, 1.82) is 0 Å². The monoisotopic (exact) mass is 253 g/mol. The molecule has 0 radical (unpaired) electrons. The molecule has 1 aromatic rings. The van der Waals surface area contributed by atoms with Gasteiger partial charge in [0, 0.05) is 24.4 Å². The Morgan fingerprint density at radius 3 is 2.65 bits per heavy atom. The van der Waals surface area contributed by atoms with Gasteiger partial charge in [-0.1, -0.05) is 6.07 Å². The van der Waals surface area contributed by atoms with Gasteiger partial charge in [-0.3, -0.25) is 9.59 Å². The van der Waals surface area contributed by atoms with Crippen LogP contribution in [0, 0.1) is 0 Å². The smallest absolute Gasteiger partial charge is 0.312 e. The Morgan fingerprint density at radius 2 is 2.12 bits per heavy atom. The van der Waals surface area contributed by atoms with Gasteiger partial charge in [0.2, 0.25) is 5.91 Å². The number of nitrogens with zero attached hydrogens (tertiary/aromatic N) is 1. The number of amides is 1. The average Bonchev–Trinajstić information content (AvgIpc) is 2.97. The standard InChI is InChI=1S/C12H15NO3S/c14-11(13-5-1-2-6-13)8-9(12(15)16)10-4-3-7-17-10/h3-4,7,9H,1-2,5-6,8H2,(H,15,16). The molecule has 1 aromatic heterocycles. The van der Waals surface area contributed by atoms with Crippen molar-refractivity contribution in [2.75, 3.05) is 13.1 Å². The minimum atomic E-state index is -0.917. The van der Waals surface area contributed by atoms with E-state index in [2.05, 4.69) is 0 Å². The van der Waals surface area contributed by atoms with Gasteiger partial charge in [0.1, 0.15) is 0 Å². The summed E-state index contributed by atoms with van der Waals surface area (Å²) in [6.07, 6.45) is 2.14. The second-order valence-electron chi connectivity index (χ2n) is 4.20. The highest BCUT2D eigenvalue weighted by molar-refractivity contribution is 7.10. The third-order valence-electron chi connectivity index (χ3n) is 3.02. The van der Waals surface area contributed by atoms with Crippen LogP contribution >= 0.6 is 11.3 Å². The fraction of sp³-hybridized carbons (Fsp3) is 0.500. The summed E-state index contributed by atoms with van der Waals surface area (Å²) < 4.78 is 0. The molecule has 0 spiro atoms. The molecule has 1 amide bonds. The normalized spacial score (nSPS) is 17.1. The maximum atomic E-state index is 11.9. The number of carboxylic acid groups (broad SMARTS) is 1. The molecule has 92 valence electrons. The molecule has 1 fully saturated rings. The van der Waals surface area contributed by atoms with E-state index in [0.717, 1.165) is 30.8 Å². The van der Waals surface area contributed by atoms with Gasteiger partial charge in [0.05, 0.1) is 5.92 Å². The largest absolute Gasteiger partial charge is 0.481 e. The van der Waals surface area contributed by atoms with E-state index in [9.17, 15) is 14.7 Å². The number of aliphatic carboxylic acids is 1. The molecule has 1 aliphatic heterocycles. The summed E-state index contributed by atoms with van der Waals surface area (Å²) in [7, 11) is 0. The molecule has 1 atom stereocenters. The summed E-state index contributed by atoms with van der Waals surface area (Å²) in [5.74, 6) is -1.65. The Balaban J connectivity index is 2.03. The molecule has 5 heteroatoms. The number of hydrogen-bond donors (Lipinski definition) is 1. The summed E-state index contributed by atoms with van der Waals surface area (Å²) in [5, 5.41) is 11.0. The van der Waals surface area contributed by atoms with Crippen LogP contribution in [0.15, 0.2) is 17.5 Å². The lowest BCUT2D eigenvalue weighted by Gasteiger charge is -2.17. The first-order valence-electron chi connectivity index (χ1n) is 5.72. The quantitative estimate of drug-likeness (QED) is 0.892. The van der Waals surface area contributed by atoms with Crippen molar-refractivity contribution in [2.45, 2.75) is 25.2 Å². The van der Waals surface area contributed by atoms with E-state index in [1.165, 1.54) is 11.3 Å². The Bertz CT molecular complexity index is 396. The van der Waals surface area contributed by atoms with Gasteiger partial charge in [0.15, 0.2) is 0 Å². The minimum Gasteiger partial charge on any atom is -0.481 e. The molecule has 2 heterocycles. The topological polar surface area (TPSA) is 57.6 Å². The summed E-state index contributed by atoms with van der Waals surface area (Å²) in [6, 6.07) is 3.59. The van der Waals surface area contributed by atoms with Crippen molar-refractivity contribution >= 4 is 23.2 Å². The van der Waals surface area contributed by atoms with E-state index < -0.39 is 11.9 Å². The van der Waals surface area contributed by atoms with Gasteiger partial charge >= 0.3 is 5.97 Å². The molecule has 0 bridgehead atoms. The summed E-state index contributed by atoms with van der Waals surface area (Å²) in [4.78, 5) is 25.6. The van der Waals surface area contributed by atoms with Crippen LogP contribution < -0.4 is 0 Å². The van der Waals surface area contributed by atoms with Gasteiger partial charge in [-0.2, -0.15) is 0 Å². The number of thiophene rings is 1. The molecule has 1 aliphatic rings. The molecular weight excluding hydrogens is 238 g/mol. The van der Waals surface area contributed by atoms with Crippen LogP contribution in [-0.4, -0.2) is 35.0 Å². The van der Waals surface area contributed by atoms with Crippen molar-refractivity contribution in [1.82, 2.24) is 4.90 Å². The van der Waals surface area contributed by atoms with Crippen molar-refractivity contribution in [2.24, 2.45) is 0 Å². The summed E-state index contributed by atoms with van der Waals surface area (Å²) >= 11 is 1.39. The highest BCUT2D eigenvalue weighted by Gasteiger charge is 2.27. The molecule has 17 heavy (non-hydrogen) atoms. The second kappa shape index (κ2) is 5.31. The molecule has 2 rings (SSSR count). The molecular formula is C12H15NO3S. The zero-order valence-electron chi connectivity index (χ0n) is 9.46. The van der Waals surface area contributed by atoms with E-state index in [-0.39, 0.29) is 12.3 Å². The van der Waals surface area contributed by atoms with Gasteiger partial charge in [-0.05, 0) is 24.3 Å². The number of hydrogen-bond acceptors (Lipinski definition) is 3. The predicted molar refractivity (Wildman–Crippen MR) is 65.1 cm³/mol. The van der Waals surface area contributed by atoms with Crippen LogP contribution in [0.25, 0.3) is 0 Å². The summed E-state index contributed by atoms with van der Waals surface area (Å²) in [5.41, 5.74) is 0. The molecule has 0 aromatic carbocycles. The number of carbonyl (C=O) groups is 2. The fourth-order valence-corrected chi connectivity index (χ4v) is 2.89. The van der Waals surface area contributed by atoms with Gasteiger partial charge in [-0.15, -0.1) is 11.3 Å². The van der Waals surface area contributed by atoms with Crippen LogP contribution in [0.1, 0.15) is 30.1 Å². The van der Waals surface area contributed by atoms with Crippen molar-refractivity contribution in [3.8, 4) is 0 Å². The molecule has 4 nitrogen and oxygen atoms in total. The Morgan fingerprint density at radius 1 is 1.41 bits per heavy atom. The minimum absolute atomic E-state index is 0.0386. The van der Waals surface area contributed by atoms with E-state index in [4.69, 9.17) is 0 Å². The first-order valence-corrected chi connectivity index (χ1v) is 6.60. The SMILES string of the molecule is O=C(O)C(CC(=O)N1CCCC1)c1cccs1. The molecule has 1 saturated heterocycles. The van der Waals surface area contributed by atoms with Crippen molar-refractivity contribution in [3.63, 3.8) is 0 Å². The molecule has 1 N–H and O–H groups in total. The first-order chi connectivity index (χ1) is 8.18. The number of carboxylic acids is 1. The molecule has 0 saturated carbocycles. The number of carbonyl (C=O) groups excluding carboxylic acids is 1. The van der Waals surface area contributed by atoms with Crippen molar-refractivity contribution < 1.29 is 14.7 Å². The highest BCUT2D eigenvalue weighted by Crippen LogP contribution is 2.26. The fourth-order valence-electron chi connectivity index (χ4n) is 2.07. The zero-order valence-corrected chi connectivity index (χ0v) is 10.3. The van der Waals surface area contributed by atoms with E-state index >= 15 is 0 Å². The Kier molecular flexibility index (Phi) is 3.78. The Hall–Kier alpha value is -1.36. The van der Waals surface area contributed by atoms with E-state index in [1.54, 1.807) is 11.0 Å². The van der Waals surface area contributed by atoms with Gasteiger partial charge in [-0.25, -0.2) is 0 Å². The van der Waals surface area contributed by atoms with Crippen LogP contribution in [0.4, 0.5) is 0 Å². The number of likely N-dealkylation sites (tertiary alicyclic amines) is 1. The highest BCUT2D eigenvalue weighted by atomic mass is 32.1. The van der Waals surface area contributed by atoms with Gasteiger partial charge in [0.25, 0.3) is 0 Å². The summed E-state index contributed by atoms with van der Waals surface area (Å²) in [6.45, 7) is 1.55. The van der Waals surface area contributed by atoms with Gasteiger partial charge < -0.3 is 10.0 Å². The van der Waals surface area contributed by atoms with Crippen LogP contribution in [-0.2, 0) is 9.59 Å². The third-order valence-corrected chi connectivity index (χ3v) is 4.01. The lowest BCUT2D eigenvalue weighted by Crippen LogP contribution is -2.30. The first kappa shape index (κ1) is 12.1. The Labute approximate surface area is 104 Å². The van der Waals surface area contributed by atoms with Crippen LogP contribution in [0.3, 0.4) is 0 Å². The molecule has 1 unspecified atom stereocenters. The van der Waals surface area contributed by atoms with Crippen molar-refractivity contribution in [3.05, 3.63) is 22.4 Å². The lowest BCUT2D eigenvalue weighted by atomic mass is 10.0. The van der Waals surface area contributed by atoms with E-state index in [0.29, 0.717) is 0 Å². The third kappa shape index (κ3) is 2.85. The van der Waals surface area contributed by atoms with E-state index in [1.807, 2.05) is 11.4 Å². The molecule has 0 aliphatic carbocycles. The van der Waals surface area contributed by atoms with Crippen LogP contribution in [0.2, 0.25) is 0 Å². The number of rotatable bonds is 4. The second-order valence-corrected chi connectivity index (χ2v) is 5.18. The lowest BCUT2D eigenvalue weighted by molar-refractivity contribution is -0.142. The zero-order chi connectivity index (χ0) is 12.3. The van der Waals surface area contributed by atoms with Crippen LogP contribution in [0.5, 0.6) is 0 Å². The average molecular weight is 253 g/mol. The maximum Gasteiger partial charge on any atom is 0.312 e. The predicted octanol–water partition coefficient (Wildman–Crippen LogP) is 1.93. The maximum absolute atomic E-state index is 11.9.